The first-order chi connectivity index (χ1) is 12.9. The van der Waals surface area contributed by atoms with E-state index < -0.39 is 11.8 Å². The van der Waals surface area contributed by atoms with E-state index in [1.54, 1.807) is 18.2 Å². The summed E-state index contributed by atoms with van der Waals surface area (Å²) < 4.78 is 0. The third-order valence-electron chi connectivity index (χ3n) is 4.49. The van der Waals surface area contributed by atoms with E-state index in [0.29, 0.717) is 21.2 Å². The number of benzene rings is 1. The number of thiocarbonyl (C=S) groups is 1. The van der Waals surface area contributed by atoms with Gasteiger partial charge >= 0.3 is 0 Å². The fourth-order valence-corrected chi connectivity index (χ4v) is 5.08. The first-order valence-electron chi connectivity index (χ1n) is 8.69. The van der Waals surface area contributed by atoms with Crippen LogP contribution in [0.4, 0.5) is 5.00 Å². The summed E-state index contributed by atoms with van der Waals surface area (Å²) in [6.07, 6.45) is 5.05. The van der Waals surface area contributed by atoms with Crippen molar-refractivity contribution in [2.75, 3.05) is 5.32 Å². The van der Waals surface area contributed by atoms with Crippen LogP contribution in [0.1, 0.15) is 56.0 Å². The maximum Gasteiger partial charge on any atom is 0.258 e. The zero-order valence-corrected chi connectivity index (χ0v) is 17.2. The van der Waals surface area contributed by atoms with Crippen molar-refractivity contribution in [1.29, 1.82) is 0 Å². The molecule has 0 aliphatic heterocycles. The van der Waals surface area contributed by atoms with E-state index in [9.17, 15) is 9.59 Å². The molecule has 1 aliphatic carbocycles. The molecule has 1 aromatic carbocycles. The molecule has 0 bridgehead atoms. The van der Waals surface area contributed by atoms with Crippen molar-refractivity contribution in [3.05, 3.63) is 50.4 Å². The molecule has 0 fully saturated rings. The summed E-state index contributed by atoms with van der Waals surface area (Å²) in [7, 11) is 0. The number of nitrogens with two attached hydrogens (primary N) is 1. The number of thiophene rings is 1. The van der Waals surface area contributed by atoms with Gasteiger partial charge < -0.3 is 11.1 Å². The van der Waals surface area contributed by atoms with E-state index in [0.717, 1.165) is 43.2 Å². The Bertz CT molecular complexity index is 924. The maximum atomic E-state index is 12.4. The Labute approximate surface area is 172 Å². The highest BCUT2D eigenvalue weighted by molar-refractivity contribution is 7.80. The van der Waals surface area contributed by atoms with Gasteiger partial charge in [0, 0.05) is 4.88 Å². The maximum absolute atomic E-state index is 12.4. The molecule has 1 aliphatic rings. The number of carbonyl (C=O) groups is 2. The normalized spacial score (nSPS) is 13.4. The monoisotopic (exact) mass is 421 g/mol. The third-order valence-corrected chi connectivity index (χ3v) is 6.22. The van der Waals surface area contributed by atoms with E-state index in [1.807, 2.05) is 6.92 Å². The molecule has 0 saturated carbocycles. The number of halogens is 1. The molecule has 0 spiro atoms. The number of nitrogens with one attached hydrogen (secondary N) is 2. The fourth-order valence-electron chi connectivity index (χ4n) is 3.20. The van der Waals surface area contributed by atoms with Crippen molar-refractivity contribution in [3.63, 3.8) is 0 Å². The second kappa shape index (κ2) is 8.37. The van der Waals surface area contributed by atoms with Gasteiger partial charge in [-0.2, -0.15) is 0 Å². The van der Waals surface area contributed by atoms with Gasteiger partial charge in [0.15, 0.2) is 5.11 Å². The predicted molar refractivity (Wildman–Crippen MR) is 114 cm³/mol. The molecule has 0 unspecified atom stereocenters. The van der Waals surface area contributed by atoms with Crippen molar-refractivity contribution in [2.24, 2.45) is 5.73 Å². The van der Waals surface area contributed by atoms with Crippen LogP contribution in [0.2, 0.25) is 5.02 Å². The first-order valence-corrected chi connectivity index (χ1v) is 10.3. The zero-order valence-electron chi connectivity index (χ0n) is 14.9. The molecule has 0 saturated heterocycles. The standard InChI is InChI=1S/C19H20ClN3O2S2/c1-10-7-8-11(13(20)9-10)17(25)22-19(26)23-18-15(16(21)24)12-5-3-2-4-6-14(12)27-18/h7-9H,2-6H2,1H3,(H2,21,24)(H2,22,23,25,26). The largest absolute Gasteiger partial charge is 0.365 e. The average molecular weight is 422 g/mol. The predicted octanol–water partition coefficient (Wildman–Crippen LogP) is 4.20. The number of aryl methyl sites for hydroxylation is 2. The molecule has 142 valence electrons. The lowest BCUT2D eigenvalue weighted by Crippen LogP contribution is -2.34. The number of anilines is 1. The SMILES string of the molecule is Cc1ccc(C(=O)NC(=S)Nc2sc3c(c2C(N)=O)CCCCC3)c(Cl)c1. The van der Waals surface area contributed by atoms with E-state index >= 15 is 0 Å². The van der Waals surface area contributed by atoms with Crippen LogP contribution in [-0.4, -0.2) is 16.9 Å². The molecule has 0 atom stereocenters. The molecule has 27 heavy (non-hydrogen) atoms. The van der Waals surface area contributed by atoms with Crippen molar-refractivity contribution in [1.82, 2.24) is 5.32 Å². The molecule has 8 heteroatoms. The van der Waals surface area contributed by atoms with Crippen LogP contribution in [-0.2, 0) is 12.8 Å². The summed E-state index contributed by atoms with van der Waals surface area (Å²) in [5.74, 6) is -0.885. The Hall–Kier alpha value is -1.96. The zero-order chi connectivity index (χ0) is 19.6. The van der Waals surface area contributed by atoms with Crippen LogP contribution in [0, 0.1) is 6.92 Å². The fraction of sp³-hybridized carbons (Fsp3) is 0.316. The summed E-state index contributed by atoms with van der Waals surface area (Å²) in [5, 5.41) is 6.65. The molecular weight excluding hydrogens is 402 g/mol. The second-order valence-corrected chi connectivity index (χ2v) is 8.44. The second-order valence-electron chi connectivity index (χ2n) is 6.52. The number of fused-ring (bicyclic) bond motifs is 1. The van der Waals surface area contributed by atoms with Crippen LogP contribution < -0.4 is 16.4 Å². The summed E-state index contributed by atoms with van der Waals surface area (Å²) in [6.45, 7) is 1.89. The van der Waals surface area contributed by atoms with Gasteiger partial charge in [0.25, 0.3) is 11.8 Å². The van der Waals surface area contributed by atoms with Gasteiger partial charge in [0.2, 0.25) is 0 Å². The van der Waals surface area contributed by atoms with Gasteiger partial charge in [-0.05, 0) is 68.1 Å². The molecule has 1 heterocycles. The average Bonchev–Trinajstić information content (AvgIpc) is 2.76. The quantitative estimate of drug-likeness (QED) is 0.512. The van der Waals surface area contributed by atoms with Crippen molar-refractivity contribution in [2.45, 2.75) is 39.0 Å². The van der Waals surface area contributed by atoms with E-state index in [1.165, 1.54) is 16.2 Å². The molecule has 4 N–H and O–H groups in total. The van der Waals surface area contributed by atoms with Crippen molar-refractivity contribution >= 4 is 57.1 Å². The number of hydrogen-bond donors (Lipinski definition) is 3. The molecule has 3 rings (SSSR count). The lowest BCUT2D eigenvalue weighted by molar-refractivity contribution is 0.0975. The molecule has 5 nitrogen and oxygen atoms in total. The summed E-state index contributed by atoms with van der Waals surface area (Å²) in [6, 6.07) is 5.17. The summed E-state index contributed by atoms with van der Waals surface area (Å²) in [5.41, 5.74) is 8.42. The Kier molecular flexibility index (Phi) is 6.14. The number of hydrogen-bond acceptors (Lipinski definition) is 4. The minimum absolute atomic E-state index is 0.107. The highest BCUT2D eigenvalue weighted by Crippen LogP contribution is 2.37. The Morgan fingerprint density at radius 3 is 2.67 bits per heavy atom. The van der Waals surface area contributed by atoms with Crippen LogP contribution in [0.15, 0.2) is 18.2 Å². The minimum atomic E-state index is -0.479. The van der Waals surface area contributed by atoms with Crippen molar-refractivity contribution in [3.8, 4) is 0 Å². The molecule has 2 aromatic rings. The molecule has 0 radical (unpaired) electrons. The van der Waals surface area contributed by atoms with Gasteiger partial charge in [-0.15, -0.1) is 11.3 Å². The van der Waals surface area contributed by atoms with E-state index in [2.05, 4.69) is 10.6 Å². The topological polar surface area (TPSA) is 84.2 Å². The van der Waals surface area contributed by atoms with Gasteiger partial charge in [0.05, 0.1) is 16.1 Å². The lowest BCUT2D eigenvalue weighted by atomic mass is 10.1. The van der Waals surface area contributed by atoms with Crippen molar-refractivity contribution < 1.29 is 9.59 Å². The smallest absolute Gasteiger partial charge is 0.258 e. The Balaban J connectivity index is 1.78. The number of rotatable bonds is 3. The van der Waals surface area contributed by atoms with Crippen LogP contribution in [0.3, 0.4) is 0 Å². The van der Waals surface area contributed by atoms with E-state index in [-0.39, 0.29) is 5.11 Å². The lowest BCUT2D eigenvalue weighted by Gasteiger charge is -2.11. The Morgan fingerprint density at radius 1 is 1.22 bits per heavy atom. The van der Waals surface area contributed by atoms with Crippen LogP contribution in [0.5, 0.6) is 0 Å². The minimum Gasteiger partial charge on any atom is -0.365 e. The third kappa shape index (κ3) is 4.48. The Morgan fingerprint density at radius 2 is 1.96 bits per heavy atom. The molecule has 1 aromatic heterocycles. The van der Waals surface area contributed by atoms with Gasteiger partial charge in [0.1, 0.15) is 5.00 Å². The number of amides is 2. The number of primary amides is 1. The summed E-state index contributed by atoms with van der Waals surface area (Å²) >= 11 is 12.9. The van der Waals surface area contributed by atoms with Gasteiger partial charge in [-0.25, -0.2) is 0 Å². The highest BCUT2D eigenvalue weighted by Gasteiger charge is 2.24. The van der Waals surface area contributed by atoms with Crippen LogP contribution in [0.25, 0.3) is 0 Å². The summed E-state index contributed by atoms with van der Waals surface area (Å²) in [4.78, 5) is 25.6. The molecular formula is C19H20ClN3O2S2. The molecule has 2 amide bonds. The number of carbonyl (C=O) groups excluding carboxylic acids is 2. The van der Waals surface area contributed by atoms with Gasteiger partial charge in [-0.3, -0.25) is 14.9 Å². The highest BCUT2D eigenvalue weighted by atomic mass is 35.5. The van der Waals surface area contributed by atoms with E-state index in [4.69, 9.17) is 29.6 Å². The van der Waals surface area contributed by atoms with Crippen LogP contribution >= 0.6 is 35.2 Å². The first kappa shape index (κ1) is 19.8. The van der Waals surface area contributed by atoms with Gasteiger partial charge in [-0.1, -0.05) is 24.1 Å².